The molecule has 5 heavy (non-hydrogen) atoms. The van der Waals surface area contributed by atoms with E-state index in [1.54, 1.807) is 0 Å². The topological polar surface area (TPSA) is 79.0 Å². The molecule has 4 heteroatoms. The summed E-state index contributed by atoms with van der Waals surface area (Å²) in [6.07, 6.45) is 0.750. The Morgan fingerprint density at radius 2 is 1.60 bits per heavy atom. The van der Waals surface area contributed by atoms with Gasteiger partial charge in [-0.1, -0.05) is 0 Å². The molecule has 0 spiro atoms. The molecule has 0 fully saturated rings. The molecule has 0 unspecified atom stereocenters. The van der Waals surface area contributed by atoms with Crippen LogP contribution in [0.1, 0.15) is 0 Å². The van der Waals surface area contributed by atoms with Gasteiger partial charge in [-0.2, -0.15) is 5.26 Å². The van der Waals surface area contributed by atoms with Crippen LogP contribution < -0.4 is 6.15 Å². The van der Waals surface area contributed by atoms with Crippen molar-refractivity contribution >= 4 is 0 Å². The Hall–Kier alpha value is -0.231. The fourth-order valence-corrected chi connectivity index (χ4v) is 0. The van der Waals surface area contributed by atoms with Crippen LogP contribution in [0.25, 0.3) is 0 Å². The van der Waals surface area contributed by atoms with Crippen LogP contribution in [0, 0.1) is 11.5 Å². The van der Waals surface area contributed by atoms with Gasteiger partial charge >= 0.3 is 0 Å². The summed E-state index contributed by atoms with van der Waals surface area (Å²) < 4.78 is 0. The molecule has 3 nitrogen and oxygen atoms in total. The van der Waals surface area contributed by atoms with E-state index in [2.05, 4.69) is 0 Å². The maximum Gasteiger partial charge on any atom is 0.283 e. The summed E-state index contributed by atoms with van der Waals surface area (Å²) in [5.74, 6) is 0. The standard InChI is InChI=1S/CHNO.Fe.H3N/c2-1-3;;/h3H;;1H3. The van der Waals surface area contributed by atoms with E-state index < -0.39 is 0 Å². The van der Waals surface area contributed by atoms with E-state index in [0.29, 0.717) is 0 Å². The van der Waals surface area contributed by atoms with Gasteiger partial charge in [-0.15, -0.1) is 0 Å². The van der Waals surface area contributed by atoms with E-state index in [1.807, 2.05) is 0 Å². The first-order chi connectivity index (χ1) is 1.41. The van der Waals surface area contributed by atoms with Crippen molar-refractivity contribution in [3.8, 4) is 6.26 Å². The minimum atomic E-state index is 0. The van der Waals surface area contributed by atoms with Gasteiger partial charge in [0.1, 0.15) is 0 Å². The minimum absolute atomic E-state index is 0. The van der Waals surface area contributed by atoms with Gasteiger partial charge in [0.25, 0.3) is 6.26 Å². The third-order valence-electron chi connectivity index (χ3n) is 0. The Morgan fingerprint density at radius 3 is 1.60 bits per heavy atom. The number of aliphatic hydroxyl groups is 1. The zero-order chi connectivity index (χ0) is 2.71. The third-order valence-corrected chi connectivity index (χ3v) is 0. The second kappa shape index (κ2) is 48.8. The summed E-state index contributed by atoms with van der Waals surface area (Å²) in [6, 6.07) is 0. The Bertz CT molecular complexity index is 31.1. The number of hydrogen-bond acceptors (Lipinski definition) is 3. The average Bonchev–Trinajstić information content (AvgIpc) is 0.918. The molecule has 0 heterocycles. The van der Waals surface area contributed by atoms with Crippen LogP contribution in [-0.4, -0.2) is 5.11 Å². The van der Waals surface area contributed by atoms with Gasteiger partial charge in [0.2, 0.25) is 0 Å². The fraction of sp³-hybridized carbons (Fsp3) is 0. The van der Waals surface area contributed by atoms with Gasteiger partial charge in [-0.05, 0) is 0 Å². The molecule has 0 radical (unpaired) electrons. The summed E-state index contributed by atoms with van der Waals surface area (Å²) in [5, 5.41) is 13.8. The molecule has 0 saturated heterocycles. The van der Waals surface area contributed by atoms with Gasteiger partial charge in [0.15, 0.2) is 0 Å². The first-order valence-corrected chi connectivity index (χ1v) is 0.447. The molecule has 0 atom stereocenters. The van der Waals surface area contributed by atoms with Crippen LogP contribution in [0.4, 0.5) is 0 Å². The smallest absolute Gasteiger partial charge is 0.283 e. The summed E-state index contributed by atoms with van der Waals surface area (Å²) in [5.41, 5.74) is 0. The molecule has 0 rings (SSSR count). The molecule has 0 aromatic rings. The molecule has 0 bridgehead atoms. The predicted octanol–water partition coefficient (Wildman–Crippen LogP) is -0.000520. The van der Waals surface area contributed by atoms with Gasteiger partial charge < -0.3 is 11.3 Å². The SMILES string of the molecule is N.N#CO.[Fe]. The van der Waals surface area contributed by atoms with Crippen molar-refractivity contribution in [2.45, 2.75) is 0 Å². The number of nitrogens with zero attached hydrogens (tertiary/aromatic N) is 1. The Labute approximate surface area is 40.7 Å². The van der Waals surface area contributed by atoms with Gasteiger partial charge in [0.05, 0.1) is 0 Å². The van der Waals surface area contributed by atoms with E-state index in [9.17, 15) is 0 Å². The molecule has 0 aromatic heterocycles. The Balaban J connectivity index is -0.0000000200. The van der Waals surface area contributed by atoms with Crippen molar-refractivity contribution in [1.29, 1.82) is 5.26 Å². The maximum atomic E-state index is 6.88. The molecule has 0 amide bonds. The van der Waals surface area contributed by atoms with E-state index in [-0.39, 0.29) is 23.2 Å². The summed E-state index contributed by atoms with van der Waals surface area (Å²) >= 11 is 0. The number of rotatable bonds is 0. The van der Waals surface area contributed by atoms with Gasteiger partial charge in [0, 0.05) is 17.1 Å². The van der Waals surface area contributed by atoms with Crippen LogP contribution in [0.5, 0.6) is 0 Å². The van der Waals surface area contributed by atoms with Crippen LogP contribution >= 0.6 is 0 Å². The molecule has 0 aliphatic heterocycles. The normalized spacial score (nSPS) is 1.40. The quantitative estimate of drug-likeness (QED) is 0.345. The first-order valence-electron chi connectivity index (χ1n) is 0.447. The molecule has 0 aliphatic carbocycles. The van der Waals surface area contributed by atoms with Crippen LogP contribution in [0.2, 0.25) is 0 Å². The summed E-state index contributed by atoms with van der Waals surface area (Å²) in [6.45, 7) is 0. The van der Waals surface area contributed by atoms with E-state index in [0.717, 1.165) is 6.26 Å². The van der Waals surface area contributed by atoms with Crippen molar-refractivity contribution in [2.75, 3.05) is 0 Å². The van der Waals surface area contributed by atoms with Crippen molar-refractivity contribution in [2.24, 2.45) is 0 Å². The maximum absolute atomic E-state index is 6.88. The van der Waals surface area contributed by atoms with Crippen molar-refractivity contribution in [3.05, 3.63) is 0 Å². The van der Waals surface area contributed by atoms with E-state index >= 15 is 0 Å². The molecule has 0 saturated carbocycles. The van der Waals surface area contributed by atoms with Crippen molar-refractivity contribution in [1.82, 2.24) is 6.15 Å². The van der Waals surface area contributed by atoms with Crippen molar-refractivity contribution < 1.29 is 22.2 Å². The van der Waals surface area contributed by atoms with Crippen molar-refractivity contribution in [3.63, 3.8) is 0 Å². The third kappa shape index (κ3) is 222. The second-order valence-corrected chi connectivity index (χ2v) is 0.100. The Kier molecular flexibility index (Phi) is 211. The minimum Gasteiger partial charge on any atom is -0.443 e. The van der Waals surface area contributed by atoms with Gasteiger partial charge in [-0.25, -0.2) is 0 Å². The molecule has 4 N–H and O–H groups in total. The fourth-order valence-electron chi connectivity index (χ4n) is 0. The molecular weight excluding hydrogens is 112 g/mol. The van der Waals surface area contributed by atoms with Crippen LogP contribution in [-0.2, 0) is 17.1 Å². The summed E-state index contributed by atoms with van der Waals surface area (Å²) in [4.78, 5) is 0. The van der Waals surface area contributed by atoms with Crippen LogP contribution in [0.15, 0.2) is 0 Å². The molecule has 0 aliphatic rings. The largest absolute Gasteiger partial charge is 0.443 e. The number of aliphatic hydroxyl groups excluding tert-OH is 1. The zero-order valence-electron chi connectivity index (χ0n) is 2.46. The number of hydrogen-bond donors (Lipinski definition) is 2. The predicted molar refractivity (Wildman–Crippen MR) is 12.6 cm³/mol. The van der Waals surface area contributed by atoms with E-state index in [1.165, 1.54) is 0 Å². The molecular formula is CH4FeN2O. The molecule has 0 aromatic carbocycles. The Morgan fingerprint density at radius 1 is 1.60 bits per heavy atom. The second-order valence-electron chi connectivity index (χ2n) is 0.100. The molecule has 32 valence electrons. The average molecular weight is 116 g/mol. The van der Waals surface area contributed by atoms with E-state index in [4.69, 9.17) is 10.4 Å². The van der Waals surface area contributed by atoms with Crippen LogP contribution in [0.3, 0.4) is 0 Å². The summed E-state index contributed by atoms with van der Waals surface area (Å²) in [7, 11) is 0. The van der Waals surface area contributed by atoms with Gasteiger partial charge in [-0.3, -0.25) is 0 Å². The zero-order valence-corrected chi connectivity index (χ0v) is 3.56. The first kappa shape index (κ1) is 21.6. The number of nitriles is 1. The monoisotopic (exact) mass is 116 g/mol.